The molecule has 1 aliphatic rings. The van der Waals surface area contributed by atoms with Crippen molar-refractivity contribution >= 4 is 34.7 Å². The summed E-state index contributed by atoms with van der Waals surface area (Å²) in [7, 11) is 4.03. The van der Waals surface area contributed by atoms with Crippen LogP contribution in [-0.2, 0) is 0 Å². The number of hydrogen-bond donors (Lipinski definition) is 2. The zero-order valence-electron chi connectivity index (χ0n) is 10.9. The lowest BCUT2D eigenvalue weighted by Gasteiger charge is -2.28. The molecular formula is C13H20ClN3S. The first-order valence-electron chi connectivity index (χ1n) is 6.22. The van der Waals surface area contributed by atoms with E-state index in [1.54, 1.807) is 0 Å². The van der Waals surface area contributed by atoms with Gasteiger partial charge in [-0.3, -0.25) is 0 Å². The molecule has 0 bridgehead atoms. The fraction of sp³-hybridized carbons (Fsp3) is 0.538. The SMILES string of the molecule is CNc1c(N)ccc(SC2CCN(C)CC2)c1Cl. The van der Waals surface area contributed by atoms with E-state index in [0.29, 0.717) is 10.9 Å². The van der Waals surface area contributed by atoms with E-state index in [1.165, 1.54) is 25.9 Å². The number of likely N-dealkylation sites (tertiary alicyclic amines) is 1. The van der Waals surface area contributed by atoms with E-state index in [-0.39, 0.29) is 0 Å². The first kappa shape index (κ1) is 13.8. The molecule has 0 amide bonds. The van der Waals surface area contributed by atoms with E-state index in [4.69, 9.17) is 17.3 Å². The molecule has 100 valence electrons. The normalized spacial score (nSPS) is 17.9. The van der Waals surface area contributed by atoms with E-state index in [2.05, 4.69) is 17.3 Å². The zero-order chi connectivity index (χ0) is 13.1. The quantitative estimate of drug-likeness (QED) is 0.837. The molecule has 0 aromatic heterocycles. The Bertz CT molecular complexity index is 417. The summed E-state index contributed by atoms with van der Waals surface area (Å²) in [5.74, 6) is 0. The molecule has 0 aliphatic carbocycles. The fourth-order valence-corrected chi connectivity index (χ4v) is 3.76. The highest BCUT2D eigenvalue weighted by Crippen LogP contribution is 2.40. The van der Waals surface area contributed by atoms with Crippen molar-refractivity contribution in [3.63, 3.8) is 0 Å². The van der Waals surface area contributed by atoms with E-state index in [1.807, 2.05) is 30.9 Å². The molecule has 0 radical (unpaired) electrons. The third-order valence-electron chi connectivity index (χ3n) is 3.35. The maximum atomic E-state index is 6.39. The van der Waals surface area contributed by atoms with Gasteiger partial charge >= 0.3 is 0 Å². The summed E-state index contributed by atoms with van der Waals surface area (Å²) in [4.78, 5) is 3.51. The number of thioether (sulfide) groups is 1. The minimum atomic E-state index is 0.659. The predicted molar refractivity (Wildman–Crippen MR) is 81.8 cm³/mol. The van der Waals surface area contributed by atoms with Crippen molar-refractivity contribution in [3.05, 3.63) is 17.2 Å². The summed E-state index contributed by atoms with van der Waals surface area (Å²) in [5, 5.41) is 4.48. The molecule has 2 rings (SSSR count). The van der Waals surface area contributed by atoms with Crippen LogP contribution in [0.15, 0.2) is 17.0 Å². The Morgan fingerprint density at radius 1 is 1.39 bits per heavy atom. The maximum Gasteiger partial charge on any atom is 0.0794 e. The Hall–Kier alpha value is -0.580. The molecular weight excluding hydrogens is 266 g/mol. The number of rotatable bonds is 3. The van der Waals surface area contributed by atoms with E-state index < -0.39 is 0 Å². The molecule has 0 saturated carbocycles. The average molecular weight is 286 g/mol. The fourth-order valence-electron chi connectivity index (χ4n) is 2.20. The standard InChI is InChI=1S/C13H20ClN3S/c1-16-13-10(15)3-4-11(12(13)14)18-9-5-7-17(2)8-6-9/h3-4,9,16H,5-8,15H2,1-2H3. The lowest BCUT2D eigenvalue weighted by molar-refractivity contribution is 0.282. The Kier molecular flexibility index (Phi) is 4.65. The van der Waals surface area contributed by atoms with Crippen LogP contribution in [0.5, 0.6) is 0 Å². The topological polar surface area (TPSA) is 41.3 Å². The Morgan fingerprint density at radius 3 is 2.67 bits per heavy atom. The number of benzene rings is 1. The molecule has 1 aliphatic heterocycles. The third kappa shape index (κ3) is 3.05. The van der Waals surface area contributed by atoms with Gasteiger partial charge in [-0.25, -0.2) is 0 Å². The van der Waals surface area contributed by atoms with Crippen LogP contribution in [0, 0.1) is 0 Å². The highest BCUT2D eigenvalue weighted by Gasteiger charge is 2.19. The lowest BCUT2D eigenvalue weighted by atomic mass is 10.1. The second kappa shape index (κ2) is 6.04. The van der Waals surface area contributed by atoms with E-state index in [9.17, 15) is 0 Å². The number of nitrogens with one attached hydrogen (secondary N) is 1. The van der Waals surface area contributed by atoms with Gasteiger partial charge in [0.1, 0.15) is 0 Å². The van der Waals surface area contributed by atoms with Crippen molar-refractivity contribution in [2.24, 2.45) is 0 Å². The number of hydrogen-bond acceptors (Lipinski definition) is 4. The second-order valence-electron chi connectivity index (χ2n) is 4.71. The van der Waals surface area contributed by atoms with Gasteiger partial charge in [0.2, 0.25) is 0 Å². The van der Waals surface area contributed by atoms with Gasteiger partial charge < -0.3 is 16.0 Å². The number of nitrogen functional groups attached to an aromatic ring is 1. The Labute approximate surface area is 118 Å². The van der Waals surface area contributed by atoms with Crippen molar-refractivity contribution < 1.29 is 0 Å². The smallest absolute Gasteiger partial charge is 0.0794 e. The molecule has 1 fully saturated rings. The Morgan fingerprint density at radius 2 is 2.06 bits per heavy atom. The zero-order valence-corrected chi connectivity index (χ0v) is 12.4. The molecule has 18 heavy (non-hydrogen) atoms. The first-order chi connectivity index (χ1) is 8.61. The van der Waals surface area contributed by atoms with Gasteiger partial charge in [-0.1, -0.05) is 11.6 Å². The molecule has 3 nitrogen and oxygen atoms in total. The monoisotopic (exact) mass is 285 g/mol. The largest absolute Gasteiger partial charge is 0.397 e. The second-order valence-corrected chi connectivity index (χ2v) is 6.43. The molecule has 1 saturated heterocycles. The van der Waals surface area contributed by atoms with Crippen LogP contribution in [0.3, 0.4) is 0 Å². The lowest BCUT2D eigenvalue weighted by Crippen LogP contribution is -2.31. The summed E-state index contributed by atoms with van der Waals surface area (Å²) >= 11 is 8.27. The maximum absolute atomic E-state index is 6.39. The third-order valence-corrected chi connectivity index (χ3v) is 5.25. The van der Waals surface area contributed by atoms with Gasteiger partial charge in [-0.15, -0.1) is 11.8 Å². The number of nitrogens with zero attached hydrogens (tertiary/aromatic N) is 1. The molecule has 1 heterocycles. The minimum Gasteiger partial charge on any atom is -0.397 e. The van der Waals surface area contributed by atoms with Crippen molar-refractivity contribution in [1.29, 1.82) is 0 Å². The van der Waals surface area contributed by atoms with Crippen LogP contribution < -0.4 is 11.1 Å². The van der Waals surface area contributed by atoms with Crippen molar-refractivity contribution in [3.8, 4) is 0 Å². The molecule has 0 spiro atoms. The summed E-state index contributed by atoms with van der Waals surface area (Å²) in [6.07, 6.45) is 2.44. The highest BCUT2D eigenvalue weighted by molar-refractivity contribution is 8.00. The predicted octanol–water partition coefficient (Wildman–Crippen LogP) is 3.15. The van der Waals surface area contributed by atoms with Crippen LogP contribution in [0.25, 0.3) is 0 Å². The summed E-state index contributed by atoms with van der Waals surface area (Å²) in [6, 6.07) is 3.95. The first-order valence-corrected chi connectivity index (χ1v) is 7.48. The van der Waals surface area contributed by atoms with Gasteiger partial charge in [0.05, 0.1) is 16.4 Å². The van der Waals surface area contributed by atoms with Gasteiger partial charge in [0.15, 0.2) is 0 Å². The molecule has 1 aromatic carbocycles. The van der Waals surface area contributed by atoms with E-state index >= 15 is 0 Å². The van der Waals surface area contributed by atoms with Crippen molar-refractivity contribution in [1.82, 2.24) is 4.90 Å². The number of halogens is 1. The molecule has 5 heteroatoms. The van der Waals surface area contributed by atoms with Crippen LogP contribution in [-0.4, -0.2) is 37.3 Å². The van der Waals surface area contributed by atoms with Crippen LogP contribution in [0.2, 0.25) is 5.02 Å². The summed E-state index contributed by atoms with van der Waals surface area (Å²) in [6.45, 7) is 2.34. The molecule has 1 aromatic rings. The summed E-state index contributed by atoms with van der Waals surface area (Å²) < 4.78 is 0. The minimum absolute atomic E-state index is 0.659. The molecule has 0 unspecified atom stereocenters. The Balaban J connectivity index is 2.10. The average Bonchev–Trinajstić information content (AvgIpc) is 2.36. The van der Waals surface area contributed by atoms with Gasteiger partial charge in [-0.2, -0.15) is 0 Å². The summed E-state index contributed by atoms with van der Waals surface area (Å²) in [5.41, 5.74) is 7.44. The van der Waals surface area contributed by atoms with Crippen LogP contribution in [0.4, 0.5) is 11.4 Å². The van der Waals surface area contributed by atoms with Crippen LogP contribution >= 0.6 is 23.4 Å². The molecule has 0 atom stereocenters. The highest BCUT2D eigenvalue weighted by atomic mass is 35.5. The number of nitrogens with two attached hydrogens (primary N) is 1. The van der Waals surface area contributed by atoms with Gasteiger partial charge in [0.25, 0.3) is 0 Å². The van der Waals surface area contributed by atoms with Gasteiger partial charge in [-0.05, 0) is 45.1 Å². The van der Waals surface area contributed by atoms with Crippen molar-refractivity contribution in [2.45, 2.75) is 23.0 Å². The molecule has 3 N–H and O–H groups in total. The van der Waals surface area contributed by atoms with Crippen LogP contribution in [0.1, 0.15) is 12.8 Å². The van der Waals surface area contributed by atoms with E-state index in [0.717, 1.165) is 15.6 Å². The van der Waals surface area contributed by atoms with Gasteiger partial charge in [0, 0.05) is 17.2 Å². The number of piperidine rings is 1. The van der Waals surface area contributed by atoms with Crippen molar-refractivity contribution in [2.75, 3.05) is 38.2 Å². The number of anilines is 2.